The van der Waals surface area contributed by atoms with E-state index in [0.29, 0.717) is 6.67 Å². The third-order valence-electron chi connectivity index (χ3n) is 1.55. The van der Waals surface area contributed by atoms with E-state index in [0.717, 1.165) is 6.54 Å². The maximum Gasteiger partial charge on any atom is 0.0431 e. The molecule has 3 N–H and O–H groups in total. The zero-order valence-corrected chi connectivity index (χ0v) is 6.14. The van der Waals surface area contributed by atoms with Crippen LogP contribution in [0.5, 0.6) is 0 Å². The summed E-state index contributed by atoms with van der Waals surface area (Å²) in [4.78, 5) is 0. The average Bonchev–Trinajstić information content (AvgIpc) is 2.03. The second-order valence-electron chi connectivity index (χ2n) is 2.39. The third-order valence-corrected chi connectivity index (χ3v) is 1.55. The molecule has 1 aliphatic carbocycles. The van der Waals surface area contributed by atoms with Crippen LogP contribution in [0.25, 0.3) is 0 Å². The van der Waals surface area contributed by atoms with Crippen LogP contribution in [0.1, 0.15) is 12.8 Å². The molecule has 0 aromatic heterocycles. The van der Waals surface area contributed by atoms with Crippen LogP contribution in [0.2, 0.25) is 0 Å². The van der Waals surface area contributed by atoms with Crippen molar-refractivity contribution in [2.24, 2.45) is 5.73 Å². The Hall–Kier alpha value is -0.600. The van der Waals surface area contributed by atoms with Crippen LogP contribution in [-0.2, 0) is 0 Å². The van der Waals surface area contributed by atoms with Crippen molar-refractivity contribution in [1.29, 1.82) is 0 Å². The Morgan fingerprint density at radius 2 is 2.40 bits per heavy atom. The van der Waals surface area contributed by atoms with Gasteiger partial charge in [0.15, 0.2) is 0 Å². The maximum atomic E-state index is 5.28. The van der Waals surface area contributed by atoms with Gasteiger partial charge < -0.3 is 11.1 Å². The monoisotopic (exact) mass is 138 g/mol. The highest BCUT2D eigenvalue weighted by Gasteiger charge is 1.94. The van der Waals surface area contributed by atoms with Gasteiger partial charge in [0.25, 0.3) is 0 Å². The lowest BCUT2D eigenvalue weighted by molar-refractivity contribution is 0.757. The second-order valence-corrected chi connectivity index (χ2v) is 2.39. The maximum absolute atomic E-state index is 5.28. The Morgan fingerprint density at radius 1 is 1.50 bits per heavy atom. The minimum atomic E-state index is 0.561. The molecular formula is C8H14N2. The van der Waals surface area contributed by atoms with Crippen molar-refractivity contribution in [3.05, 3.63) is 23.8 Å². The zero-order valence-electron chi connectivity index (χ0n) is 6.14. The summed E-state index contributed by atoms with van der Waals surface area (Å²) in [7, 11) is 0. The van der Waals surface area contributed by atoms with E-state index < -0.39 is 0 Å². The molecule has 0 amide bonds. The van der Waals surface area contributed by atoms with Crippen molar-refractivity contribution >= 4 is 0 Å². The van der Waals surface area contributed by atoms with Crippen molar-refractivity contribution in [3.63, 3.8) is 0 Å². The van der Waals surface area contributed by atoms with Crippen LogP contribution in [0, 0.1) is 0 Å². The van der Waals surface area contributed by atoms with Gasteiger partial charge in [-0.3, -0.25) is 0 Å². The highest BCUT2D eigenvalue weighted by molar-refractivity contribution is 5.23. The highest BCUT2D eigenvalue weighted by Crippen LogP contribution is 2.07. The Kier molecular flexibility index (Phi) is 3.19. The molecule has 0 aliphatic heterocycles. The van der Waals surface area contributed by atoms with E-state index in [1.54, 1.807) is 0 Å². The molecule has 2 nitrogen and oxygen atoms in total. The summed E-state index contributed by atoms with van der Waals surface area (Å²) in [6, 6.07) is 0. The number of hydrogen-bond donors (Lipinski definition) is 2. The Morgan fingerprint density at radius 3 is 3.00 bits per heavy atom. The molecule has 0 radical (unpaired) electrons. The van der Waals surface area contributed by atoms with Crippen molar-refractivity contribution in [3.8, 4) is 0 Å². The molecule has 0 saturated heterocycles. The minimum Gasteiger partial charge on any atom is -0.318 e. The SMILES string of the molecule is NCNCC1=CCCC=C1. The first kappa shape index (κ1) is 7.51. The molecule has 0 aromatic carbocycles. The summed E-state index contributed by atoms with van der Waals surface area (Å²) >= 11 is 0. The van der Waals surface area contributed by atoms with Crippen LogP contribution >= 0.6 is 0 Å². The Bertz CT molecular complexity index is 147. The van der Waals surface area contributed by atoms with Gasteiger partial charge in [-0.1, -0.05) is 18.2 Å². The summed E-state index contributed by atoms with van der Waals surface area (Å²) in [6.07, 6.45) is 8.98. The van der Waals surface area contributed by atoms with Gasteiger partial charge in [-0.2, -0.15) is 0 Å². The lowest BCUT2D eigenvalue weighted by Gasteiger charge is -2.05. The van der Waals surface area contributed by atoms with Crippen molar-refractivity contribution in [2.45, 2.75) is 12.8 Å². The largest absolute Gasteiger partial charge is 0.318 e. The molecule has 2 heteroatoms. The molecule has 0 bridgehead atoms. The van der Waals surface area contributed by atoms with Gasteiger partial charge in [0.05, 0.1) is 0 Å². The number of hydrogen-bond acceptors (Lipinski definition) is 2. The second kappa shape index (κ2) is 4.25. The molecule has 0 heterocycles. The van der Waals surface area contributed by atoms with Crippen LogP contribution in [0.15, 0.2) is 23.8 Å². The summed E-state index contributed by atoms with van der Waals surface area (Å²) in [5.74, 6) is 0. The zero-order chi connectivity index (χ0) is 7.23. The number of nitrogens with one attached hydrogen (secondary N) is 1. The van der Waals surface area contributed by atoms with E-state index in [1.165, 1.54) is 18.4 Å². The first-order valence-corrected chi connectivity index (χ1v) is 3.70. The van der Waals surface area contributed by atoms with Gasteiger partial charge >= 0.3 is 0 Å². The Balaban J connectivity index is 2.26. The molecule has 0 unspecified atom stereocenters. The molecular weight excluding hydrogens is 124 g/mol. The fourth-order valence-corrected chi connectivity index (χ4v) is 1.02. The van der Waals surface area contributed by atoms with Gasteiger partial charge in [0, 0.05) is 13.2 Å². The number of allylic oxidation sites excluding steroid dienone is 2. The molecule has 1 aliphatic rings. The number of rotatable bonds is 3. The lowest BCUT2D eigenvalue weighted by Crippen LogP contribution is -2.24. The summed E-state index contributed by atoms with van der Waals surface area (Å²) in [5, 5.41) is 3.08. The predicted molar refractivity (Wildman–Crippen MR) is 43.5 cm³/mol. The fraction of sp³-hybridized carbons (Fsp3) is 0.500. The Labute approximate surface area is 61.8 Å². The fourth-order valence-electron chi connectivity index (χ4n) is 1.02. The van der Waals surface area contributed by atoms with E-state index in [1.807, 2.05) is 0 Å². The summed E-state index contributed by atoms with van der Waals surface area (Å²) in [5.41, 5.74) is 6.64. The van der Waals surface area contributed by atoms with Crippen molar-refractivity contribution in [1.82, 2.24) is 5.32 Å². The van der Waals surface area contributed by atoms with Crippen LogP contribution in [-0.4, -0.2) is 13.2 Å². The smallest absolute Gasteiger partial charge is 0.0431 e. The number of nitrogens with two attached hydrogens (primary N) is 1. The average molecular weight is 138 g/mol. The first-order chi connectivity index (χ1) is 4.93. The summed E-state index contributed by atoms with van der Waals surface area (Å²) in [6.45, 7) is 1.47. The van der Waals surface area contributed by atoms with Crippen molar-refractivity contribution < 1.29 is 0 Å². The molecule has 0 fully saturated rings. The van der Waals surface area contributed by atoms with Crippen LogP contribution < -0.4 is 11.1 Å². The quantitative estimate of drug-likeness (QED) is 0.565. The first-order valence-electron chi connectivity index (χ1n) is 3.70. The van der Waals surface area contributed by atoms with E-state index in [2.05, 4.69) is 23.5 Å². The van der Waals surface area contributed by atoms with Crippen molar-refractivity contribution in [2.75, 3.05) is 13.2 Å². The van der Waals surface area contributed by atoms with E-state index in [4.69, 9.17) is 5.73 Å². The minimum absolute atomic E-state index is 0.561. The van der Waals surface area contributed by atoms with Gasteiger partial charge in [-0.25, -0.2) is 0 Å². The van der Waals surface area contributed by atoms with E-state index in [-0.39, 0.29) is 0 Å². The third kappa shape index (κ3) is 2.33. The van der Waals surface area contributed by atoms with Gasteiger partial charge in [0.1, 0.15) is 0 Å². The summed E-state index contributed by atoms with van der Waals surface area (Å²) < 4.78 is 0. The van der Waals surface area contributed by atoms with Gasteiger partial charge in [0.2, 0.25) is 0 Å². The molecule has 10 heavy (non-hydrogen) atoms. The molecule has 0 aromatic rings. The predicted octanol–water partition coefficient (Wildman–Crippen LogP) is 0.769. The highest BCUT2D eigenvalue weighted by atomic mass is 14.9. The molecule has 56 valence electrons. The standard InChI is InChI=1S/C8H14N2/c9-7-10-6-8-4-2-1-3-5-8/h2,4-5,10H,1,3,6-7,9H2. The topological polar surface area (TPSA) is 38.0 Å². The van der Waals surface area contributed by atoms with E-state index >= 15 is 0 Å². The van der Waals surface area contributed by atoms with Crippen LogP contribution in [0.4, 0.5) is 0 Å². The van der Waals surface area contributed by atoms with E-state index in [9.17, 15) is 0 Å². The normalized spacial score (nSPS) is 17.1. The van der Waals surface area contributed by atoms with Crippen LogP contribution in [0.3, 0.4) is 0 Å². The molecule has 0 spiro atoms. The van der Waals surface area contributed by atoms with Gasteiger partial charge in [-0.05, 0) is 18.4 Å². The van der Waals surface area contributed by atoms with Gasteiger partial charge in [-0.15, -0.1) is 0 Å². The lowest BCUT2D eigenvalue weighted by atomic mass is 10.1. The molecule has 1 rings (SSSR count). The molecule has 0 saturated carbocycles. The molecule has 0 atom stereocenters.